The second-order valence-corrected chi connectivity index (χ2v) is 8.01. The van der Waals surface area contributed by atoms with Crippen LogP contribution in [0.1, 0.15) is 84.5 Å². The number of ketones is 1. The number of aliphatic carboxylic acids is 1. The van der Waals surface area contributed by atoms with Gasteiger partial charge in [0.05, 0.1) is 6.10 Å². The van der Waals surface area contributed by atoms with E-state index in [4.69, 9.17) is 5.11 Å². The van der Waals surface area contributed by atoms with Crippen molar-refractivity contribution in [1.82, 2.24) is 0 Å². The molecule has 162 valence electrons. The van der Waals surface area contributed by atoms with E-state index in [1.807, 2.05) is 18.2 Å². The zero-order valence-electron chi connectivity index (χ0n) is 18.1. The first-order valence-electron chi connectivity index (χ1n) is 11.2. The molecule has 4 nitrogen and oxygen atoms in total. The molecule has 4 heteroatoms. The molecule has 1 aliphatic rings. The molecule has 1 saturated carbocycles. The van der Waals surface area contributed by atoms with Gasteiger partial charge < -0.3 is 10.2 Å². The largest absolute Gasteiger partial charge is 0.481 e. The summed E-state index contributed by atoms with van der Waals surface area (Å²) in [5.74, 6) is 5.93. The van der Waals surface area contributed by atoms with Crippen molar-refractivity contribution < 1.29 is 19.8 Å². The minimum atomic E-state index is -0.802. The molecule has 29 heavy (non-hydrogen) atoms. The quantitative estimate of drug-likeness (QED) is 0.249. The maximum absolute atomic E-state index is 12.5. The Balaban J connectivity index is 2.64. The van der Waals surface area contributed by atoms with Gasteiger partial charge in [-0.05, 0) is 37.5 Å². The monoisotopic (exact) mass is 402 g/mol. The van der Waals surface area contributed by atoms with Gasteiger partial charge >= 0.3 is 5.97 Å². The Hall–Kier alpha value is -1.86. The Morgan fingerprint density at radius 2 is 2.00 bits per heavy atom. The van der Waals surface area contributed by atoms with Gasteiger partial charge in [0.2, 0.25) is 0 Å². The molecule has 1 fully saturated rings. The van der Waals surface area contributed by atoms with Gasteiger partial charge in [-0.3, -0.25) is 9.59 Å². The summed E-state index contributed by atoms with van der Waals surface area (Å²) in [5.41, 5.74) is 0. The summed E-state index contributed by atoms with van der Waals surface area (Å²) < 4.78 is 0. The lowest BCUT2D eigenvalue weighted by molar-refractivity contribution is -0.137. The molecule has 4 unspecified atom stereocenters. The predicted octanol–water partition coefficient (Wildman–Crippen LogP) is 5.31. The number of unbranched alkanes of at least 4 members (excludes halogenated alkanes) is 3. The molecule has 0 aromatic carbocycles. The molecule has 0 bridgehead atoms. The second kappa shape index (κ2) is 15.0. The van der Waals surface area contributed by atoms with Crippen molar-refractivity contribution in [3.63, 3.8) is 0 Å². The van der Waals surface area contributed by atoms with Crippen LogP contribution in [0.4, 0.5) is 0 Å². The van der Waals surface area contributed by atoms with Crippen LogP contribution in [0.3, 0.4) is 0 Å². The lowest BCUT2D eigenvalue weighted by atomic mass is 9.84. The van der Waals surface area contributed by atoms with E-state index in [1.165, 1.54) is 12.8 Å². The fourth-order valence-corrected chi connectivity index (χ4v) is 3.90. The highest BCUT2D eigenvalue weighted by Gasteiger charge is 2.39. The number of hydrogen-bond acceptors (Lipinski definition) is 3. The highest BCUT2D eigenvalue weighted by atomic mass is 16.4. The molecular weight excluding hydrogens is 364 g/mol. The van der Waals surface area contributed by atoms with Gasteiger partial charge in [0.25, 0.3) is 0 Å². The summed E-state index contributed by atoms with van der Waals surface area (Å²) in [7, 11) is 0. The van der Waals surface area contributed by atoms with Gasteiger partial charge in [-0.1, -0.05) is 57.4 Å². The lowest BCUT2D eigenvalue weighted by Crippen LogP contribution is -2.16. The van der Waals surface area contributed by atoms with Crippen LogP contribution in [0.15, 0.2) is 24.3 Å². The number of carboxylic acids is 1. The molecular formula is C25H38O4. The molecule has 0 heterocycles. The van der Waals surface area contributed by atoms with E-state index in [2.05, 4.69) is 31.8 Å². The number of Topliss-reactive ketones (excluding diaryl/α,β-unsaturated/α-hetero) is 1. The number of carboxylic acid groups (broad SMARTS) is 1. The van der Waals surface area contributed by atoms with Gasteiger partial charge in [-0.2, -0.15) is 0 Å². The predicted molar refractivity (Wildman–Crippen MR) is 117 cm³/mol. The number of hydrogen-bond donors (Lipinski definition) is 2. The molecule has 1 rings (SSSR count). The average molecular weight is 403 g/mol. The second-order valence-electron chi connectivity index (χ2n) is 8.01. The molecule has 0 aromatic rings. The van der Waals surface area contributed by atoms with Crippen LogP contribution in [0.25, 0.3) is 0 Å². The molecule has 0 spiro atoms. The molecule has 0 saturated heterocycles. The minimum absolute atomic E-state index is 0.109. The molecule has 0 radical (unpaired) electrons. The number of aliphatic hydroxyl groups is 1. The van der Waals surface area contributed by atoms with E-state index in [9.17, 15) is 14.7 Å². The number of allylic oxidation sites excluding steroid dienone is 2. The highest BCUT2D eigenvalue weighted by molar-refractivity contribution is 5.84. The van der Waals surface area contributed by atoms with Crippen molar-refractivity contribution in [3.05, 3.63) is 24.3 Å². The van der Waals surface area contributed by atoms with E-state index >= 15 is 0 Å². The van der Waals surface area contributed by atoms with Crippen LogP contribution in [0.2, 0.25) is 0 Å². The van der Waals surface area contributed by atoms with Crippen LogP contribution in [-0.2, 0) is 9.59 Å². The molecule has 0 amide bonds. The summed E-state index contributed by atoms with van der Waals surface area (Å²) in [6.07, 6.45) is 15.9. The molecule has 0 aliphatic heterocycles. The number of aliphatic hydroxyl groups excluding tert-OH is 1. The Labute approximate surface area is 176 Å². The van der Waals surface area contributed by atoms with Crippen molar-refractivity contribution in [2.45, 2.75) is 90.6 Å². The van der Waals surface area contributed by atoms with Crippen molar-refractivity contribution in [2.75, 3.05) is 0 Å². The van der Waals surface area contributed by atoms with Gasteiger partial charge in [0.1, 0.15) is 5.78 Å². The van der Waals surface area contributed by atoms with Crippen molar-refractivity contribution in [1.29, 1.82) is 0 Å². The normalized spacial score (nSPS) is 22.9. The van der Waals surface area contributed by atoms with E-state index in [1.54, 1.807) is 0 Å². The van der Waals surface area contributed by atoms with Crippen LogP contribution in [0, 0.1) is 29.6 Å². The first-order valence-corrected chi connectivity index (χ1v) is 11.2. The first kappa shape index (κ1) is 25.2. The van der Waals surface area contributed by atoms with Crippen molar-refractivity contribution in [3.8, 4) is 11.8 Å². The first-order chi connectivity index (χ1) is 14.0. The van der Waals surface area contributed by atoms with Crippen LogP contribution >= 0.6 is 0 Å². The minimum Gasteiger partial charge on any atom is -0.481 e. The maximum Gasteiger partial charge on any atom is 0.303 e. The number of carbonyl (C=O) groups is 2. The number of rotatable bonds is 13. The Kier molecular flexibility index (Phi) is 13.1. The Morgan fingerprint density at radius 1 is 1.21 bits per heavy atom. The summed E-state index contributed by atoms with van der Waals surface area (Å²) in [6, 6.07) is 0. The zero-order chi connectivity index (χ0) is 21.5. The Morgan fingerprint density at radius 3 is 2.69 bits per heavy atom. The maximum atomic E-state index is 12.5. The van der Waals surface area contributed by atoms with Crippen LogP contribution in [0.5, 0.6) is 0 Å². The van der Waals surface area contributed by atoms with Gasteiger partial charge in [-0.15, -0.1) is 11.8 Å². The average Bonchev–Trinajstić information content (AvgIpc) is 2.97. The van der Waals surface area contributed by atoms with E-state index < -0.39 is 12.1 Å². The third-order valence-corrected chi connectivity index (χ3v) is 5.51. The fourth-order valence-electron chi connectivity index (χ4n) is 3.90. The van der Waals surface area contributed by atoms with E-state index in [-0.39, 0.29) is 24.0 Å². The SMILES string of the molecule is CCCC/C=C\CC(O)/C=C/C1C(CCC)CC(=O)C1CC#CCCCC(=O)O. The Bertz CT molecular complexity index is 608. The summed E-state index contributed by atoms with van der Waals surface area (Å²) in [6.45, 7) is 4.30. The third kappa shape index (κ3) is 10.5. The third-order valence-electron chi connectivity index (χ3n) is 5.51. The van der Waals surface area contributed by atoms with Crippen LogP contribution < -0.4 is 0 Å². The molecule has 0 aromatic heterocycles. The number of carbonyl (C=O) groups excluding carboxylic acids is 1. The van der Waals surface area contributed by atoms with Crippen molar-refractivity contribution >= 4 is 11.8 Å². The van der Waals surface area contributed by atoms with Crippen molar-refractivity contribution in [2.24, 2.45) is 17.8 Å². The topological polar surface area (TPSA) is 74.6 Å². The highest BCUT2D eigenvalue weighted by Crippen LogP contribution is 2.40. The van der Waals surface area contributed by atoms with Gasteiger partial charge in [0, 0.05) is 31.6 Å². The standard InChI is InChI=1S/C25H38O4/c1-3-5-6-7-10-14-21(26)17-18-22-20(13-4-2)19-24(27)23(22)15-11-8-9-12-16-25(28)29/h7,10,17-18,20-23,26H,3-6,9,12-16,19H2,1-2H3,(H,28,29)/b10-7-,18-17+. The summed E-state index contributed by atoms with van der Waals surface area (Å²) >= 11 is 0. The smallest absolute Gasteiger partial charge is 0.303 e. The summed E-state index contributed by atoms with van der Waals surface area (Å²) in [4.78, 5) is 23.1. The van der Waals surface area contributed by atoms with E-state index in [0.29, 0.717) is 38.0 Å². The molecule has 2 N–H and O–H groups in total. The molecule has 1 aliphatic carbocycles. The van der Waals surface area contributed by atoms with E-state index in [0.717, 1.165) is 19.3 Å². The fraction of sp³-hybridized carbons (Fsp3) is 0.680. The zero-order valence-corrected chi connectivity index (χ0v) is 18.1. The van der Waals surface area contributed by atoms with Gasteiger partial charge in [-0.25, -0.2) is 0 Å². The van der Waals surface area contributed by atoms with Crippen LogP contribution in [-0.4, -0.2) is 28.1 Å². The summed E-state index contributed by atoms with van der Waals surface area (Å²) in [5, 5.41) is 18.9. The lowest BCUT2D eigenvalue weighted by Gasteiger charge is -2.19. The molecule has 4 atom stereocenters. The van der Waals surface area contributed by atoms with Gasteiger partial charge in [0.15, 0.2) is 0 Å².